The van der Waals surface area contributed by atoms with Crippen LogP contribution < -0.4 is 0 Å². The highest BCUT2D eigenvalue weighted by Crippen LogP contribution is 2.07. The summed E-state index contributed by atoms with van der Waals surface area (Å²) in [6, 6.07) is 9.52. The van der Waals surface area contributed by atoms with E-state index in [1.807, 2.05) is 30.3 Å². The van der Waals surface area contributed by atoms with Gasteiger partial charge in [-0.25, -0.2) is 0 Å². The van der Waals surface area contributed by atoms with Crippen molar-refractivity contribution < 1.29 is 4.79 Å². The van der Waals surface area contributed by atoms with Crippen LogP contribution in [0.25, 0.3) is 0 Å². The molecule has 3 heteroatoms. The molecule has 0 aliphatic rings. The average molecular weight is 251 g/mol. The predicted octanol–water partition coefficient (Wildman–Crippen LogP) is 2.94. The lowest BCUT2D eigenvalue weighted by Gasteiger charge is -2.17. The van der Waals surface area contributed by atoms with Gasteiger partial charge >= 0.3 is 0 Å². The van der Waals surface area contributed by atoms with Crippen LogP contribution in [0.15, 0.2) is 30.3 Å². The van der Waals surface area contributed by atoms with Gasteiger partial charge in [-0.15, -0.1) is 0 Å². The lowest BCUT2D eigenvalue weighted by Crippen LogP contribution is -2.25. The molecule has 2 nitrogen and oxygen atoms in total. The Balaban J connectivity index is 2.21. The fourth-order valence-electron chi connectivity index (χ4n) is 1.61. The molecule has 0 aliphatic heterocycles. The molecule has 0 heterocycles. The topological polar surface area (TPSA) is 20.3 Å². The Labute approximate surface area is 108 Å². The van der Waals surface area contributed by atoms with E-state index in [0.717, 1.165) is 31.0 Å². The van der Waals surface area contributed by atoms with Crippen molar-refractivity contribution in [3.63, 3.8) is 0 Å². The Bertz CT molecular complexity index is 322. The molecular formula is C14H21NOS. The van der Waals surface area contributed by atoms with Gasteiger partial charge in [-0.3, -0.25) is 4.79 Å². The van der Waals surface area contributed by atoms with E-state index in [9.17, 15) is 4.79 Å². The van der Waals surface area contributed by atoms with E-state index in [0.29, 0.717) is 5.75 Å². The molecule has 0 bridgehead atoms. The number of benzene rings is 1. The number of thioether (sulfide) groups is 1. The number of Topliss-reactive ketones (excluding diaryl/α,β-unsaturated/α-hetero) is 1. The van der Waals surface area contributed by atoms with E-state index in [1.54, 1.807) is 11.8 Å². The number of carbonyl (C=O) groups is 1. The first-order valence-electron chi connectivity index (χ1n) is 6.16. The second-order valence-corrected chi connectivity index (χ2v) is 4.97. The van der Waals surface area contributed by atoms with Crippen LogP contribution in [0.2, 0.25) is 0 Å². The molecule has 0 radical (unpaired) electrons. The molecule has 94 valence electrons. The minimum Gasteiger partial charge on any atom is -0.303 e. The molecular weight excluding hydrogens is 230 g/mol. The number of hydrogen-bond acceptors (Lipinski definition) is 3. The molecule has 1 aromatic rings. The number of hydrogen-bond donors (Lipinski definition) is 0. The molecule has 17 heavy (non-hydrogen) atoms. The van der Waals surface area contributed by atoms with Crippen molar-refractivity contribution >= 4 is 17.5 Å². The van der Waals surface area contributed by atoms with Crippen LogP contribution in [0.5, 0.6) is 0 Å². The van der Waals surface area contributed by atoms with Crippen LogP contribution in [0.1, 0.15) is 24.2 Å². The van der Waals surface area contributed by atoms with E-state index in [-0.39, 0.29) is 5.78 Å². The smallest absolute Gasteiger partial charge is 0.172 e. The second kappa shape index (κ2) is 8.31. The van der Waals surface area contributed by atoms with Crippen molar-refractivity contribution in [2.75, 3.05) is 31.1 Å². The summed E-state index contributed by atoms with van der Waals surface area (Å²) in [6.45, 7) is 7.58. The van der Waals surface area contributed by atoms with Gasteiger partial charge in [0.05, 0.1) is 5.75 Å². The minimum absolute atomic E-state index is 0.232. The molecule has 0 aliphatic carbocycles. The molecule has 0 saturated heterocycles. The van der Waals surface area contributed by atoms with E-state index in [2.05, 4.69) is 18.7 Å². The van der Waals surface area contributed by atoms with Crippen LogP contribution in [-0.2, 0) is 0 Å². The molecule has 0 aromatic heterocycles. The largest absolute Gasteiger partial charge is 0.303 e. The molecule has 1 aromatic carbocycles. The number of nitrogens with zero attached hydrogens (tertiary/aromatic N) is 1. The Morgan fingerprint density at radius 1 is 1.18 bits per heavy atom. The Hall–Kier alpha value is -0.800. The SMILES string of the molecule is CCN(CC)CCSCC(=O)c1ccccc1. The number of ketones is 1. The maximum absolute atomic E-state index is 11.8. The highest BCUT2D eigenvalue weighted by molar-refractivity contribution is 8.00. The summed E-state index contributed by atoms with van der Waals surface area (Å²) in [7, 11) is 0. The molecule has 0 atom stereocenters. The van der Waals surface area contributed by atoms with Gasteiger partial charge in [-0.2, -0.15) is 11.8 Å². The maximum atomic E-state index is 11.8. The highest BCUT2D eigenvalue weighted by atomic mass is 32.2. The summed E-state index contributed by atoms with van der Waals surface area (Å²) in [5.41, 5.74) is 0.822. The van der Waals surface area contributed by atoms with Gasteiger partial charge < -0.3 is 4.90 Å². The number of carbonyl (C=O) groups excluding carboxylic acids is 1. The van der Waals surface area contributed by atoms with Crippen LogP contribution in [0.4, 0.5) is 0 Å². The summed E-state index contributed by atoms with van der Waals surface area (Å²) in [5.74, 6) is 1.85. The zero-order valence-corrected chi connectivity index (χ0v) is 11.5. The first-order valence-corrected chi connectivity index (χ1v) is 7.31. The summed E-state index contributed by atoms with van der Waals surface area (Å²) < 4.78 is 0. The first-order chi connectivity index (χ1) is 8.27. The summed E-state index contributed by atoms with van der Waals surface area (Å²) >= 11 is 1.72. The number of rotatable bonds is 8. The standard InChI is InChI=1S/C14H21NOS/c1-3-15(4-2)10-11-17-12-14(16)13-8-6-5-7-9-13/h5-9H,3-4,10-12H2,1-2H3. The van der Waals surface area contributed by atoms with Gasteiger partial charge in [0.1, 0.15) is 0 Å². The van der Waals surface area contributed by atoms with Crippen LogP contribution in [-0.4, -0.2) is 41.8 Å². The summed E-state index contributed by atoms with van der Waals surface area (Å²) in [4.78, 5) is 14.2. The van der Waals surface area contributed by atoms with Crippen molar-refractivity contribution in [1.29, 1.82) is 0 Å². The van der Waals surface area contributed by atoms with Crippen molar-refractivity contribution in [3.05, 3.63) is 35.9 Å². The van der Waals surface area contributed by atoms with Gasteiger partial charge in [0.15, 0.2) is 5.78 Å². The van der Waals surface area contributed by atoms with Gasteiger partial charge in [0, 0.05) is 17.9 Å². The Morgan fingerprint density at radius 2 is 1.82 bits per heavy atom. The first kappa shape index (κ1) is 14.3. The Morgan fingerprint density at radius 3 is 2.41 bits per heavy atom. The van der Waals surface area contributed by atoms with Crippen LogP contribution >= 0.6 is 11.8 Å². The molecule has 0 amide bonds. The molecule has 0 spiro atoms. The van der Waals surface area contributed by atoms with E-state index in [1.165, 1.54) is 0 Å². The summed E-state index contributed by atoms with van der Waals surface area (Å²) in [6.07, 6.45) is 0. The molecule has 0 fully saturated rings. The molecule has 0 saturated carbocycles. The van der Waals surface area contributed by atoms with Crippen molar-refractivity contribution in [2.45, 2.75) is 13.8 Å². The van der Waals surface area contributed by atoms with Crippen LogP contribution in [0.3, 0.4) is 0 Å². The van der Waals surface area contributed by atoms with E-state index in [4.69, 9.17) is 0 Å². The predicted molar refractivity (Wildman–Crippen MR) is 75.9 cm³/mol. The third kappa shape index (κ3) is 5.37. The quantitative estimate of drug-likeness (QED) is 0.523. The average Bonchev–Trinajstić information content (AvgIpc) is 2.40. The Kier molecular flexibility index (Phi) is 6.97. The third-order valence-electron chi connectivity index (χ3n) is 2.78. The van der Waals surface area contributed by atoms with Gasteiger partial charge in [-0.1, -0.05) is 44.2 Å². The normalized spacial score (nSPS) is 10.8. The molecule has 1 rings (SSSR count). The monoisotopic (exact) mass is 251 g/mol. The fraction of sp³-hybridized carbons (Fsp3) is 0.500. The fourth-order valence-corrected chi connectivity index (χ4v) is 2.49. The minimum atomic E-state index is 0.232. The second-order valence-electron chi connectivity index (χ2n) is 3.87. The lowest BCUT2D eigenvalue weighted by atomic mass is 10.2. The van der Waals surface area contributed by atoms with Gasteiger partial charge in [0.2, 0.25) is 0 Å². The van der Waals surface area contributed by atoms with Crippen molar-refractivity contribution in [2.24, 2.45) is 0 Å². The van der Waals surface area contributed by atoms with Crippen molar-refractivity contribution in [1.82, 2.24) is 4.90 Å². The van der Waals surface area contributed by atoms with Crippen LogP contribution in [0, 0.1) is 0 Å². The zero-order chi connectivity index (χ0) is 12.5. The molecule has 0 unspecified atom stereocenters. The van der Waals surface area contributed by atoms with E-state index >= 15 is 0 Å². The summed E-state index contributed by atoms with van der Waals surface area (Å²) in [5, 5.41) is 0. The maximum Gasteiger partial charge on any atom is 0.172 e. The molecule has 0 N–H and O–H groups in total. The van der Waals surface area contributed by atoms with Gasteiger partial charge in [0.25, 0.3) is 0 Å². The zero-order valence-electron chi connectivity index (χ0n) is 10.7. The van der Waals surface area contributed by atoms with Crippen molar-refractivity contribution in [3.8, 4) is 0 Å². The third-order valence-corrected chi connectivity index (χ3v) is 3.71. The van der Waals surface area contributed by atoms with E-state index < -0.39 is 0 Å². The highest BCUT2D eigenvalue weighted by Gasteiger charge is 2.05. The lowest BCUT2D eigenvalue weighted by molar-refractivity contribution is 0.102. The van der Waals surface area contributed by atoms with Gasteiger partial charge in [-0.05, 0) is 13.1 Å².